The fourth-order valence-corrected chi connectivity index (χ4v) is 3.18. The SMILES string of the molecule is CC1=CC(O/C=C(C)\C=C\C2=C(C)CC(O)CC2(C)C)OC1=O. The molecule has 2 unspecified atom stereocenters. The van der Waals surface area contributed by atoms with Gasteiger partial charge in [-0.05, 0) is 50.2 Å². The third-order valence-electron chi connectivity index (χ3n) is 4.31. The van der Waals surface area contributed by atoms with Crippen molar-refractivity contribution in [2.75, 3.05) is 0 Å². The van der Waals surface area contributed by atoms with E-state index >= 15 is 0 Å². The van der Waals surface area contributed by atoms with Crippen LogP contribution in [-0.2, 0) is 14.3 Å². The van der Waals surface area contributed by atoms with E-state index in [0.717, 1.165) is 18.4 Å². The molecule has 0 spiro atoms. The van der Waals surface area contributed by atoms with Crippen LogP contribution in [0.15, 0.2) is 46.8 Å². The highest BCUT2D eigenvalue weighted by Gasteiger charge is 2.31. The third-order valence-corrected chi connectivity index (χ3v) is 4.31. The van der Waals surface area contributed by atoms with Gasteiger partial charge in [0.15, 0.2) is 0 Å². The molecular weight excluding hydrogens is 292 g/mol. The number of allylic oxidation sites excluding steroid dienone is 4. The Morgan fingerprint density at radius 1 is 1.43 bits per heavy atom. The average Bonchev–Trinajstić information content (AvgIpc) is 2.73. The van der Waals surface area contributed by atoms with Crippen LogP contribution in [0, 0.1) is 5.41 Å². The maximum atomic E-state index is 11.3. The molecule has 0 saturated carbocycles. The average molecular weight is 318 g/mol. The minimum atomic E-state index is -0.631. The molecule has 2 rings (SSSR count). The van der Waals surface area contributed by atoms with Gasteiger partial charge in [0.25, 0.3) is 6.29 Å². The lowest BCUT2D eigenvalue weighted by atomic mass is 9.71. The monoisotopic (exact) mass is 318 g/mol. The minimum Gasteiger partial charge on any atom is -0.458 e. The molecule has 23 heavy (non-hydrogen) atoms. The molecule has 0 aromatic heterocycles. The van der Waals surface area contributed by atoms with Gasteiger partial charge in [0.05, 0.1) is 12.4 Å². The van der Waals surface area contributed by atoms with E-state index in [9.17, 15) is 9.90 Å². The van der Waals surface area contributed by atoms with E-state index in [-0.39, 0.29) is 17.5 Å². The van der Waals surface area contributed by atoms with Crippen molar-refractivity contribution in [3.63, 3.8) is 0 Å². The Balaban J connectivity index is 2.03. The molecule has 4 nitrogen and oxygen atoms in total. The molecule has 0 bridgehead atoms. The van der Waals surface area contributed by atoms with Crippen LogP contribution in [0.5, 0.6) is 0 Å². The normalized spacial score (nSPS) is 28.2. The molecular formula is C19H26O4. The van der Waals surface area contributed by atoms with Crippen LogP contribution in [-0.4, -0.2) is 23.5 Å². The number of hydrogen-bond donors (Lipinski definition) is 1. The Morgan fingerprint density at radius 3 is 2.70 bits per heavy atom. The summed E-state index contributed by atoms with van der Waals surface area (Å²) in [5, 5.41) is 9.92. The Morgan fingerprint density at radius 2 is 2.13 bits per heavy atom. The van der Waals surface area contributed by atoms with Gasteiger partial charge in [-0.25, -0.2) is 4.79 Å². The minimum absolute atomic E-state index is 0.0414. The molecule has 0 amide bonds. The highest BCUT2D eigenvalue weighted by Crippen LogP contribution is 2.41. The van der Waals surface area contributed by atoms with E-state index in [2.05, 4.69) is 26.8 Å². The fourth-order valence-electron chi connectivity index (χ4n) is 3.18. The largest absolute Gasteiger partial charge is 0.458 e. The Bertz CT molecular complexity index is 605. The summed E-state index contributed by atoms with van der Waals surface area (Å²) < 4.78 is 10.5. The first-order chi connectivity index (χ1) is 10.7. The van der Waals surface area contributed by atoms with Gasteiger partial charge in [0.2, 0.25) is 0 Å². The van der Waals surface area contributed by atoms with Gasteiger partial charge in [-0.1, -0.05) is 31.6 Å². The maximum Gasteiger partial charge on any atom is 0.336 e. The summed E-state index contributed by atoms with van der Waals surface area (Å²) in [6.07, 6.45) is 7.96. The topological polar surface area (TPSA) is 55.8 Å². The van der Waals surface area contributed by atoms with E-state index < -0.39 is 6.29 Å². The van der Waals surface area contributed by atoms with Crippen LogP contribution in [0.2, 0.25) is 0 Å². The number of aliphatic hydroxyl groups is 1. The molecule has 1 N–H and O–H groups in total. The van der Waals surface area contributed by atoms with Crippen LogP contribution >= 0.6 is 0 Å². The molecule has 126 valence electrons. The van der Waals surface area contributed by atoms with Crippen molar-refractivity contribution < 1.29 is 19.4 Å². The molecule has 0 radical (unpaired) electrons. The summed E-state index contributed by atoms with van der Waals surface area (Å²) in [7, 11) is 0. The van der Waals surface area contributed by atoms with E-state index in [0.29, 0.717) is 5.57 Å². The zero-order chi connectivity index (χ0) is 17.2. The summed E-state index contributed by atoms with van der Waals surface area (Å²) in [6, 6.07) is 0. The van der Waals surface area contributed by atoms with Crippen molar-refractivity contribution in [1.29, 1.82) is 0 Å². The Labute approximate surface area is 138 Å². The second-order valence-electron chi connectivity index (χ2n) is 7.09. The third kappa shape index (κ3) is 4.35. The second kappa shape index (κ2) is 6.75. The lowest BCUT2D eigenvalue weighted by Gasteiger charge is -2.35. The summed E-state index contributed by atoms with van der Waals surface area (Å²) in [4.78, 5) is 11.3. The molecule has 0 aromatic carbocycles. The van der Waals surface area contributed by atoms with E-state index in [4.69, 9.17) is 9.47 Å². The standard InChI is InChI=1S/C19H26O4/c1-12(11-22-17-9-14(3)18(21)23-17)6-7-16-13(2)8-15(20)10-19(16,4)5/h6-7,9,11,15,17,20H,8,10H2,1-5H3/b7-6+,12-11-. The molecule has 2 aliphatic rings. The lowest BCUT2D eigenvalue weighted by molar-refractivity contribution is -0.152. The van der Waals surface area contributed by atoms with Crippen molar-refractivity contribution in [2.24, 2.45) is 5.41 Å². The molecule has 1 aliphatic carbocycles. The molecule has 0 fully saturated rings. The molecule has 4 heteroatoms. The van der Waals surface area contributed by atoms with Crippen LogP contribution in [0.3, 0.4) is 0 Å². The lowest BCUT2D eigenvalue weighted by Crippen LogP contribution is -2.28. The Kier molecular flexibility index (Phi) is 5.15. The summed E-state index contributed by atoms with van der Waals surface area (Å²) in [6.45, 7) is 10.0. The predicted molar refractivity (Wildman–Crippen MR) is 89.3 cm³/mol. The smallest absolute Gasteiger partial charge is 0.336 e. The van der Waals surface area contributed by atoms with Crippen LogP contribution in [0.25, 0.3) is 0 Å². The summed E-state index contributed by atoms with van der Waals surface area (Å²) in [5.74, 6) is -0.333. The van der Waals surface area contributed by atoms with Gasteiger partial charge in [-0.15, -0.1) is 0 Å². The number of aliphatic hydroxyl groups excluding tert-OH is 1. The summed E-state index contributed by atoms with van der Waals surface area (Å²) >= 11 is 0. The van der Waals surface area contributed by atoms with Crippen molar-refractivity contribution in [1.82, 2.24) is 0 Å². The molecule has 1 heterocycles. The quantitative estimate of drug-likeness (QED) is 0.487. The van der Waals surface area contributed by atoms with E-state index in [1.807, 2.05) is 13.0 Å². The van der Waals surface area contributed by atoms with Gasteiger partial charge in [-0.3, -0.25) is 0 Å². The second-order valence-corrected chi connectivity index (χ2v) is 7.09. The molecule has 0 aromatic rings. The van der Waals surface area contributed by atoms with Crippen LogP contribution in [0.4, 0.5) is 0 Å². The van der Waals surface area contributed by atoms with Crippen LogP contribution in [0.1, 0.15) is 47.5 Å². The predicted octanol–water partition coefficient (Wildman–Crippen LogP) is 3.79. The van der Waals surface area contributed by atoms with Gasteiger partial charge in [-0.2, -0.15) is 0 Å². The van der Waals surface area contributed by atoms with Crippen molar-refractivity contribution in [3.8, 4) is 0 Å². The number of ether oxygens (including phenoxy) is 2. The zero-order valence-corrected chi connectivity index (χ0v) is 14.6. The number of cyclic esters (lactones) is 1. The van der Waals surface area contributed by atoms with Crippen molar-refractivity contribution in [2.45, 2.75) is 59.9 Å². The van der Waals surface area contributed by atoms with Gasteiger partial charge >= 0.3 is 5.97 Å². The highest BCUT2D eigenvalue weighted by molar-refractivity contribution is 5.89. The van der Waals surface area contributed by atoms with Crippen molar-refractivity contribution in [3.05, 3.63) is 46.8 Å². The van der Waals surface area contributed by atoms with Gasteiger partial charge in [0, 0.05) is 11.6 Å². The Hall–Kier alpha value is -1.81. The molecule has 0 saturated heterocycles. The van der Waals surface area contributed by atoms with Crippen LogP contribution < -0.4 is 0 Å². The maximum absolute atomic E-state index is 11.3. The number of hydrogen-bond acceptors (Lipinski definition) is 4. The number of esters is 1. The highest BCUT2D eigenvalue weighted by atomic mass is 16.7. The first-order valence-corrected chi connectivity index (χ1v) is 7.97. The fraction of sp³-hybridized carbons (Fsp3) is 0.526. The molecule has 2 atom stereocenters. The number of carbonyl (C=O) groups excluding carboxylic acids is 1. The summed E-state index contributed by atoms with van der Waals surface area (Å²) in [5.41, 5.74) is 3.95. The zero-order valence-electron chi connectivity index (χ0n) is 14.6. The number of carbonyl (C=O) groups is 1. The van der Waals surface area contributed by atoms with Gasteiger partial charge in [0.1, 0.15) is 0 Å². The first kappa shape index (κ1) is 17.5. The van der Waals surface area contributed by atoms with E-state index in [1.165, 1.54) is 11.1 Å². The van der Waals surface area contributed by atoms with E-state index in [1.54, 1.807) is 19.3 Å². The first-order valence-electron chi connectivity index (χ1n) is 7.97. The molecule has 1 aliphatic heterocycles. The van der Waals surface area contributed by atoms with Crippen molar-refractivity contribution >= 4 is 5.97 Å². The van der Waals surface area contributed by atoms with Gasteiger partial charge < -0.3 is 14.6 Å². The number of rotatable bonds is 4.